The lowest BCUT2D eigenvalue weighted by molar-refractivity contribution is -0.123. The number of rotatable bonds is 8. The number of H-pyrrole nitrogens is 1. The number of aromatic nitrogens is 5. The Hall–Kier alpha value is -3.79. The molecule has 0 atom stereocenters. The van der Waals surface area contributed by atoms with Crippen molar-refractivity contribution in [3.63, 3.8) is 0 Å². The number of benzene rings is 2. The van der Waals surface area contributed by atoms with E-state index in [4.69, 9.17) is 21.1 Å². The van der Waals surface area contributed by atoms with E-state index in [9.17, 15) is 4.79 Å². The van der Waals surface area contributed by atoms with Crippen LogP contribution < -0.4 is 20.1 Å². The number of carbonyl (C=O) groups is 1. The minimum atomic E-state index is -0.203. The SMILES string of the molecule is COc1cc(-c2nc(Nc3ccc4[nH]ncc4c3Cl)n(C)n2)ccc1OCC(=O)NC(C)C. The van der Waals surface area contributed by atoms with Crippen LogP contribution in [-0.4, -0.2) is 50.6 Å². The van der Waals surface area contributed by atoms with E-state index in [-0.39, 0.29) is 18.6 Å². The molecule has 2 heterocycles. The molecule has 172 valence electrons. The van der Waals surface area contributed by atoms with Gasteiger partial charge in [0, 0.05) is 24.0 Å². The molecule has 33 heavy (non-hydrogen) atoms. The van der Waals surface area contributed by atoms with Crippen LogP contribution in [0.5, 0.6) is 11.5 Å². The summed E-state index contributed by atoms with van der Waals surface area (Å²) >= 11 is 6.51. The quantitative estimate of drug-likeness (QED) is 0.360. The summed E-state index contributed by atoms with van der Waals surface area (Å²) in [6, 6.07) is 9.08. The van der Waals surface area contributed by atoms with Crippen LogP contribution in [0.25, 0.3) is 22.3 Å². The number of methoxy groups -OCH3 is 1. The van der Waals surface area contributed by atoms with Crippen molar-refractivity contribution in [2.24, 2.45) is 7.05 Å². The molecular weight excluding hydrogens is 446 g/mol. The second kappa shape index (κ2) is 9.37. The van der Waals surface area contributed by atoms with E-state index in [1.165, 1.54) is 7.11 Å². The summed E-state index contributed by atoms with van der Waals surface area (Å²) in [6.07, 6.45) is 1.67. The molecule has 0 bridgehead atoms. The number of anilines is 2. The molecule has 4 rings (SSSR count). The Morgan fingerprint density at radius 2 is 2.06 bits per heavy atom. The Morgan fingerprint density at radius 1 is 1.24 bits per heavy atom. The Balaban J connectivity index is 1.54. The van der Waals surface area contributed by atoms with Gasteiger partial charge in [0.1, 0.15) is 0 Å². The zero-order valence-electron chi connectivity index (χ0n) is 18.6. The first-order chi connectivity index (χ1) is 15.9. The third-order valence-electron chi connectivity index (χ3n) is 4.80. The summed E-state index contributed by atoms with van der Waals surface area (Å²) in [4.78, 5) is 16.5. The van der Waals surface area contributed by atoms with E-state index in [0.717, 1.165) is 16.5 Å². The number of aromatic amines is 1. The van der Waals surface area contributed by atoms with Crippen LogP contribution in [0.15, 0.2) is 36.5 Å². The Kier molecular flexibility index (Phi) is 6.36. The zero-order chi connectivity index (χ0) is 23.5. The van der Waals surface area contributed by atoms with Crippen molar-refractivity contribution in [3.05, 3.63) is 41.6 Å². The maximum absolute atomic E-state index is 11.9. The number of amides is 1. The van der Waals surface area contributed by atoms with Crippen molar-refractivity contribution < 1.29 is 14.3 Å². The lowest BCUT2D eigenvalue weighted by Gasteiger charge is -2.12. The summed E-state index contributed by atoms with van der Waals surface area (Å²) in [7, 11) is 3.32. The average molecular weight is 470 g/mol. The number of halogens is 1. The molecule has 0 aliphatic rings. The maximum Gasteiger partial charge on any atom is 0.258 e. The molecule has 0 saturated carbocycles. The predicted octanol–water partition coefficient (Wildman–Crippen LogP) is 3.67. The largest absolute Gasteiger partial charge is 0.493 e. The second-order valence-electron chi connectivity index (χ2n) is 7.64. The highest BCUT2D eigenvalue weighted by Gasteiger charge is 2.15. The Labute approximate surface area is 195 Å². The first kappa shape index (κ1) is 22.4. The van der Waals surface area contributed by atoms with Crippen molar-refractivity contribution in [2.45, 2.75) is 19.9 Å². The molecule has 2 aromatic carbocycles. The summed E-state index contributed by atoms with van der Waals surface area (Å²) in [5.41, 5.74) is 2.26. The first-order valence-corrected chi connectivity index (χ1v) is 10.6. The minimum absolute atomic E-state index is 0.0416. The van der Waals surface area contributed by atoms with Crippen LogP contribution in [0.4, 0.5) is 11.6 Å². The van der Waals surface area contributed by atoms with Gasteiger partial charge in [-0.25, -0.2) is 4.68 Å². The van der Waals surface area contributed by atoms with Gasteiger partial charge in [-0.05, 0) is 44.2 Å². The molecule has 0 aliphatic carbocycles. The average Bonchev–Trinajstić information content (AvgIpc) is 3.41. The van der Waals surface area contributed by atoms with E-state index in [1.54, 1.807) is 30.1 Å². The molecule has 3 N–H and O–H groups in total. The van der Waals surface area contributed by atoms with Gasteiger partial charge in [-0.2, -0.15) is 10.1 Å². The molecule has 0 spiro atoms. The van der Waals surface area contributed by atoms with Gasteiger partial charge in [-0.3, -0.25) is 9.89 Å². The third kappa shape index (κ3) is 4.85. The van der Waals surface area contributed by atoms with Crippen molar-refractivity contribution in [1.29, 1.82) is 0 Å². The van der Waals surface area contributed by atoms with Crippen molar-refractivity contribution in [1.82, 2.24) is 30.3 Å². The van der Waals surface area contributed by atoms with Crippen LogP contribution in [0.1, 0.15) is 13.8 Å². The number of nitrogens with zero attached hydrogens (tertiary/aromatic N) is 4. The number of hydrogen-bond donors (Lipinski definition) is 3. The lowest BCUT2D eigenvalue weighted by Crippen LogP contribution is -2.34. The van der Waals surface area contributed by atoms with Gasteiger partial charge in [0.15, 0.2) is 23.9 Å². The molecule has 1 amide bonds. The van der Waals surface area contributed by atoms with E-state index in [1.807, 2.05) is 32.0 Å². The Morgan fingerprint density at radius 3 is 2.82 bits per heavy atom. The standard InChI is InChI=1S/C22H24ClN7O3/c1-12(2)25-19(31)11-33-17-8-5-13(9-18(17)32-4)21-27-22(30(3)29-21)26-16-7-6-15-14(20(16)23)10-24-28-15/h5-10,12H,11H2,1-4H3,(H,24,28)(H,25,31)(H,26,27,29). The van der Waals surface area contributed by atoms with E-state index in [2.05, 4.69) is 30.9 Å². The number of fused-ring (bicyclic) bond motifs is 1. The molecule has 11 heteroatoms. The predicted molar refractivity (Wildman–Crippen MR) is 126 cm³/mol. The van der Waals surface area contributed by atoms with Gasteiger partial charge < -0.3 is 20.1 Å². The van der Waals surface area contributed by atoms with Crippen LogP contribution >= 0.6 is 11.6 Å². The van der Waals surface area contributed by atoms with Crippen molar-refractivity contribution in [3.8, 4) is 22.9 Å². The highest BCUT2D eigenvalue weighted by atomic mass is 35.5. The molecule has 0 fully saturated rings. The van der Waals surface area contributed by atoms with E-state index in [0.29, 0.717) is 34.0 Å². The second-order valence-corrected chi connectivity index (χ2v) is 8.02. The smallest absolute Gasteiger partial charge is 0.258 e. The molecule has 10 nitrogen and oxygen atoms in total. The zero-order valence-corrected chi connectivity index (χ0v) is 19.4. The number of nitrogens with one attached hydrogen (secondary N) is 3. The monoisotopic (exact) mass is 469 g/mol. The van der Waals surface area contributed by atoms with Crippen LogP contribution in [-0.2, 0) is 11.8 Å². The van der Waals surface area contributed by atoms with Gasteiger partial charge in [0.05, 0.1) is 29.5 Å². The normalized spacial score (nSPS) is 11.1. The fourth-order valence-electron chi connectivity index (χ4n) is 3.25. The molecule has 0 aliphatic heterocycles. The third-order valence-corrected chi connectivity index (χ3v) is 5.21. The first-order valence-electron chi connectivity index (χ1n) is 10.3. The molecular formula is C22H24ClN7O3. The molecule has 0 saturated heterocycles. The molecule has 2 aromatic heterocycles. The molecule has 0 unspecified atom stereocenters. The summed E-state index contributed by atoms with van der Waals surface area (Å²) in [5.74, 6) is 1.72. The number of aryl methyl sites for hydroxylation is 1. The van der Waals surface area contributed by atoms with Crippen LogP contribution in [0.2, 0.25) is 5.02 Å². The highest BCUT2D eigenvalue weighted by molar-refractivity contribution is 6.38. The summed E-state index contributed by atoms with van der Waals surface area (Å²) in [6.45, 7) is 3.67. The fourth-order valence-corrected chi connectivity index (χ4v) is 3.51. The van der Waals surface area contributed by atoms with Gasteiger partial charge >= 0.3 is 0 Å². The van der Waals surface area contributed by atoms with E-state index < -0.39 is 0 Å². The Bertz CT molecular complexity index is 1300. The topological polar surface area (TPSA) is 119 Å². The molecule has 4 aromatic rings. The number of carbonyl (C=O) groups excluding carboxylic acids is 1. The summed E-state index contributed by atoms with van der Waals surface area (Å²) < 4.78 is 12.7. The van der Waals surface area contributed by atoms with Crippen LogP contribution in [0.3, 0.4) is 0 Å². The van der Waals surface area contributed by atoms with Gasteiger partial charge in [-0.1, -0.05) is 11.6 Å². The van der Waals surface area contributed by atoms with Crippen LogP contribution in [0, 0.1) is 0 Å². The molecule has 0 radical (unpaired) electrons. The summed E-state index contributed by atoms with van der Waals surface area (Å²) in [5, 5.41) is 18.7. The fraction of sp³-hybridized carbons (Fsp3) is 0.273. The van der Waals surface area contributed by atoms with Crippen molar-refractivity contribution in [2.75, 3.05) is 19.0 Å². The van der Waals surface area contributed by atoms with Crippen molar-refractivity contribution >= 4 is 40.0 Å². The van der Waals surface area contributed by atoms with E-state index >= 15 is 0 Å². The number of hydrogen-bond acceptors (Lipinski definition) is 7. The van der Waals surface area contributed by atoms with Gasteiger partial charge in [-0.15, -0.1) is 5.10 Å². The van der Waals surface area contributed by atoms with Gasteiger partial charge in [0.25, 0.3) is 5.91 Å². The van der Waals surface area contributed by atoms with Gasteiger partial charge in [0.2, 0.25) is 5.95 Å². The lowest BCUT2D eigenvalue weighted by atomic mass is 10.2. The number of ether oxygens (including phenoxy) is 2. The minimum Gasteiger partial charge on any atom is -0.493 e. The maximum atomic E-state index is 11.9. The highest BCUT2D eigenvalue weighted by Crippen LogP contribution is 2.34.